The standard InChI is InChI=1S/C24H32ClN5O5S/c1-15(2)29(11-4-10-27-24(26)33)22(31)16(3)30-12-9-21(23(30)32)28-36(34,35)20-8-6-17-13-19(25)7-5-18(17)14-20/h5-8,13-16,21,28H,4,9-12H2,1-3H3,(H3,26,27,33). The molecule has 2 aromatic rings. The molecular formula is C24H32ClN5O5S. The van der Waals surface area contributed by atoms with Crippen molar-refractivity contribution in [2.24, 2.45) is 5.73 Å². The van der Waals surface area contributed by atoms with E-state index in [1.165, 1.54) is 17.0 Å². The topological polar surface area (TPSA) is 142 Å². The number of hydrogen-bond donors (Lipinski definition) is 3. The van der Waals surface area contributed by atoms with Crippen LogP contribution in [-0.2, 0) is 19.6 Å². The van der Waals surface area contributed by atoms with Crippen LogP contribution in [0.3, 0.4) is 0 Å². The molecule has 36 heavy (non-hydrogen) atoms. The fourth-order valence-electron chi connectivity index (χ4n) is 4.27. The summed E-state index contributed by atoms with van der Waals surface area (Å²) in [6, 6.07) is 7.35. The van der Waals surface area contributed by atoms with E-state index in [0.29, 0.717) is 29.9 Å². The molecule has 2 unspecified atom stereocenters. The zero-order chi connectivity index (χ0) is 26.6. The van der Waals surface area contributed by atoms with Gasteiger partial charge in [0.15, 0.2) is 0 Å². The van der Waals surface area contributed by atoms with E-state index < -0.39 is 34.0 Å². The van der Waals surface area contributed by atoms with E-state index in [1.54, 1.807) is 36.1 Å². The average Bonchev–Trinajstić information content (AvgIpc) is 3.16. The van der Waals surface area contributed by atoms with Crippen molar-refractivity contribution in [1.29, 1.82) is 0 Å². The molecule has 10 nitrogen and oxygen atoms in total. The van der Waals surface area contributed by atoms with Crippen LogP contribution in [0.25, 0.3) is 10.8 Å². The Morgan fingerprint density at radius 3 is 2.50 bits per heavy atom. The van der Waals surface area contributed by atoms with Crippen LogP contribution < -0.4 is 15.8 Å². The molecule has 1 saturated heterocycles. The Bertz CT molecular complexity index is 1250. The minimum atomic E-state index is -3.97. The third-order valence-corrected chi connectivity index (χ3v) is 7.93. The average molecular weight is 538 g/mol. The Hall–Kier alpha value is -2.89. The molecular weight excluding hydrogens is 506 g/mol. The molecule has 0 bridgehead atoms. The lowest BCUT2D eigenvalue weighted by Crippen LogP contribution is -2.52. The Balaban J connectivity index is 1.67. The van der Waals surface area contributed by atoms with Crippen molar-refractivity contribution in [2.45, 2.75) is 56.6 Å². The number of carbonyl (C=O) groups excluding carboxylic acids is 3. The first-order valence-electron chi connectivity index (χ1n) is 11.8. The molecule has 196 valence electrons. The highest BCUT2D eigenvalue weighted by atomic mass is 35.5. The van der Waals surface area contributed by atoms with E-state index in [9.17, 15) is 22.8 Å². The van der Waals surface area contributed by atoms with E-state index in [0.717, 1.165) is 5.39 Å². The summed E-state index contributed by atoms with van der Waals surface area (Å²) in [5.74, 6) is -0.680. The predicted molar refractivity (Wildman–Crippen MR) is 138 cm³/mol. The summed E-state index contributed by atoms with van der Waals surface area (Å²) in [5.41, 5.74) is 5.07. The van der Waals surface area contributed by atoms with Gasteiger partial charge in [0.05, 0.1) is 4.90 Å². The van der Waals surface area contributed by atoms with Crippen molar-refractivity contribution in [2.75, 3.05) is 19.6 Å². The van der Waals surface area contributed by atoms with Crippen LogP contribution in [0.1, 0.15) is 33.6 Å². The second-order valence-electron chi connectivity index (χ2n) is 9.09. The Morgan fingerprint density at radius 1 is 1.17 bits per heavy atom. The summed E-state index contributed by atoms with van der Waals surface area (Å²) in [7, 11) is -3.97. The minimum absolute atomic E-state index is 0.0447. The lowest BCUT2D eigenvalue weighted by atomic mass is 10.1. The summed E-state index contributed by atoms with van der Waals surface area (Å²) >= 11 is 6.00. The number of fused-ring (bicyclic) bond motifs is 1. The molecule has 0 radical (unpaired) electrons. The highest BCUT2D eigenvalue weighted by Gasteiger charge is 2.40. The van der Waals surface area contributed by atoms with Gasteiger partial charge in [0.1, 0.15) is 12.1 Å². The van der Waals surface area contributed by atoms with Crippen LogP contribution in [0.4, 0.5) is 4.79 Å². The first-order valence-corrected chi connectivity index (χ1v) is 13.6. The van der Waals surface area contributed by atoms with Gasteiger partial charge < -0.3 is 20.9 Å². The smallest absolute Gasteiger partial charge is 0.312 e. The van der Waals surface area contributed by atoms with Crippen LogP contribution in [0, 0.1) is 0 Å². The Morgan fingerprint density at radius 2 is 1.83 bits per heavy atom. The van der Waals surface area contributed by atoms with Gasteiger partial charge in [-0.25, -0.2) is 13.2 Å². The molecule has 0 aromatic heterocycles. The van der Waals surface area contributed by atoms with Gasteiger partial charge in [-0.3, -0.25) is 9.59 Å². The largest absolute Gasteiger partial charge is 0.352 e. The number of primary amides is 1. The molecule has 0 aliphatic carbocycles. The summed E-state index contributed by atoms with van der Waals surface area (Å²) in [6.45, 7) is 6.34. The molecule has 0 spiro atoms. The van der Waals surface area contributed by atoms with Crippen LogP contribution in [0.2, 0.25) is 5.02 Å². The number of carbonyl (C=O) groups is 3. The van der Waals surface area contributed by atoms with Gasteiger partial charge in [-0.15, -0.1) is 0 Å². The van der Waals surface area contributed by atoms with Crippen molar-refractivity contribution in [3.8, 4) is 0 Å². The van der Waals surface area contributed by atoms with Gasteiger partial charge in [-0.05, 0) is 68.7 Å². The maximum absolute atomic E-state index is 13.2. The number of amides is 4. The molecule has 1 fully saturated rings. The monoisotopic (exact) mass is 537 g/mol. The molecule has 0 saturated carbocycles. The third kappa shape index (κ3) is 6.45. The summed E-state index contributed by atoms with van der Waals surface area (Å²) in [5, 5.41) is 4.55. The SMILES string of the molecule is CC(C)N(CCCNC(N)=O)C(=O)C(C)N1CCC(NS(=O)(=O)c2ccc3cc(Cl)ccc3c2)C1=O. The zero-order valence-electron chi connectivity index (χ0n) is 20.5. The first-order chi connectivity index (χ1) is 16.9. The number of benzene rings is 2. The molecule has 3 rings (SSSR count). The van der Waals surface area contributed by atoms with Gasteiger partial charge in [0.25, 0.3) is 0 Å². The van der Waals surface area contributed by atoms with Crippen LogP contribution in [-0.4, -0.2) is 73.8 Å². The second kappa shape index (κ2) is 11.4. The number of likely N-dealkylation sites (tertiary alicyclic amines) is 1. The van der Waals surface area contributed by atoms with E-state index in [1.807, 2.05) is 13.8 Å². The van der Waals surface area contributed by atoms with Crippen molar-refractivity contribution in [1.82, 2.24) is 19.8 Å². The van der Waals surface area contributed by atoms with Gasteiger partial charge in [0, 0.05) is 30.7 Å². The molecule has 2 atom stereocenters. The van der Waals surface area contributed by atoms with Gasteiger partial charge in [-0.2, -0.15) is 4.72 Å². The van der Waals surface area contributed by atoms with Crippen molar-refractivity contribution < 1.29 is 22.8 Å². The summed E-state index contributed by atoms with van der Waals surface area (Å²) in [6.07, 6.45) is 0.761. The van der Waals surface area contributed by atoms with Crippen LogP contribution in [0.5, 0.6) is 0 Å². The summed E-state index contributed by atoms with van der Waals surface area (Å²) in [4.78, 5) is 40.2. The molecule has 2 aromatic carbocycles. The first kappa shape index (κ1) is 27.7. The molecule has 4 amide bonds. The molecule has 1 aliphatic rings. The lowest BCUT2D eigenvalue weighted by Gasteiger charge is -2.33. The number of nitrogens with one attached hydrogen (secondary N) is 2. The zero-order valence-corrected chi connectivity index (χ0v) is 22.1. The number of nitrogens with two attached hydrogens (primary N) is 1. The van der Waals surface area contributed by atoms with Crippen molar-refractivity contribution in [3.05, 3.63) is 41.4 Å². The predicted octanol–water partition coefficient (Wildman–Crippen LogP) is 2.06. The summed E-state index contributed by atoms with van der Waals surface area (Å²) < 4.78 is 28.6. The minimum Gasteiger partial charge on any atom is -0.352 e. The molecule has 4 N–H and O–H groups in total. The number of rotatable bonds is 10. The second-order valence-corrected chi connectivity index (χ2v) is 11.2. The van der Waals surface area contributed by atoms with Gasteiger partial charge >= 0.3 is 6.03 Å². The van der Waals surface area contributed by atoms with Gasteiger partial charge in [0.2, 0.25) is 21.8 Å². The maximum atomic E-state index is 13.2. The number of hydrogen-bond acceptors (Lipinski definition) is 5. The Kier molecular flexibility index (Phi) is 8.80. The normalized spacial score (nSPS) is 17.0. The van der Waals surface area contributed by atoms with Crippen LogP contribution >= 0.6 is 11.6 Å². The lowest BCUT2D eigenvalue weighted by molar-refractivity contribution is -0.144. The third-order valence-electron chi connectivity index (χ3n) is 6.23. The molecule has 1 heterocycles. The highest BCUT2D eigenvalue weighted by Crippen LogP contribution is 2.24. The molecule has 12 heteroatoms. The fraction of sp³-hybridized carbons (Fsp3) is 0.458. The fourth-order valence-corrected chi connectivity index (χ4v) is 5.71. The van der Waals surface area contributed by atoms with E-state index >= 15 is 0 Å². The van der Waals surface area contributed by atoms with E-state index in [4.69, 9.17) is 17.3 Å². The van der Waals surface area contributed by atoms with Crippen molar-refractivity contribution >= 4 is 50.2 Å². The highest BCUT2D eigenvalue weighted by molar-refractivity contribution is 7.89. The van der Waals surface area contributed by atoms with Gasteiger partial charge in [-0.1, -0.05) is 23.7 Å². The number of sulfonamides is 1. The molecule has 1 aliphatic heterocycles. The van der Waals surface area contributed by atoms with E-state index in [2.05, 4.69) is 10.0 Å². The number of halogens is 1. The maximum Gasteiger partial charge on any atom is 0.312 e. The van der Waals surface area contributed by atoms with Crippen LogP contribution in [0.15, 0.2) is 41.3 Å². The number of nitrogens with zero attached hydrogens (tertiary/aromatic N) is 2. The number of urea groups is 1. The van der Waals surface area contributed by atoms with Crippen molar-refractivity contribution in [3.63, 3.8) is 0 Å². The van der Waals surface area contributed by atoms with E-state index in [-0.39, 0.29) is 29.8 Å². The quantitative estimate of drug-likeness (QED) is 0.398. The Labute approximate surface area is 216 Å².